The van der Waals surface area contributed by atoms with Crippen molar-refractivity contribution >= 4 is 23.4 Å². The molecule has 4 aliphatic carbocycles. The van der Waals surface area contributed by atoms with Gasteiger partial charge >= 0.3 is 0 Å². The Morgan fingerprint density at radius 2 is 1.32 bits per heavy atom. The van der Waals surface area contributed by atoms with Gasteiger partial charge in [-0.3, -0.25) is 14.6 Å². The van der Waals surface area contributed by atoms with Crippen LogP contribution < -0.4 is 15.4 Å². The summed E-state index contributed by atoms with van der Waals surface area (Å²) in [5.41, 5.74) is 15.0. The second kappa shape index (κ2) is 10.8. The Morgan fingerprint density at radius 3 is 1.86 bits per heavy atom. The van der Waals surface area contributed by atoms with Gasteiger partial charge in [0.1, 0.15) is 5.15 Å². The van der Waals surface area contributed by atoms with Crippen LogP contribution in [0.3, 0.4) is 0 Å². The standard InChI is InChI=1S/C23H22N4O2.C16H14ClN3O/c1-2-29-19-6-4-14(12-25-19)17-9-16-13(11-24-17)3-5-15-20-18(26-21(15)16)10-23(7-8-23)27-22(20)28;17-12-5-10-8(7-18-12)1-2-9-13-11(19-14(9)10)6-16(3-4-16)20-15(13)21/h4,6,9,11-12,26H,2-3,5,7-8,10H2,1H3,(H,27,28);5,7,19H,1-4,6H2,(H,20,21). The number of carbonyl (C=O) groups excluding carboxylic acids is 2. The number of carbonyl (C=O) groups is 2. The lowest BCUT2D eigenvalue weighted by atomic mass is 9.87. The van der Waals surface area contributed by atoms with E-state index >= 15 is 0 Å². The molecule has 0 aromatic carbocycles. The molecule has 2 amide bonds. The number of ether oxygens (including phenoxy) is 1. The molecule has 0 radical (unpaired) electrons. The van der Waals surface area contributed by atoms with Crippen LogP contribution in [0.5, 0.6) is 5.88 Å². The maximum absolute atomic E-state index is 12.8. The maximum atomic E-state index is 12.8. The second-order valence-corrected chi connectivity index (χ2v) is 15.1. The number of aromatic nitrogens is 5. The molecule has 10 nitrogen and oxygen atoms in total. The van der Waals surface area contributed by atoms with E-state index in [0.29, 0.717) is 17.6 Å². The Labute approximate surface area is 293 Å². The molecule has 0 unspecified atom stereocenters. The highest BCUT2D eigenvalue weighted by molar-refractivity contribution is 6.29. The van der Waals surface area contributed by atoms with Crippen molar-refractivity contribution in [3.8, 4) is 39.7 Å². The van der Waals surface area contributed by atoms with Crippen LogP contribution in [0.4, 0.5) is 0 Å². The quantitative estimate of drug-likeness (QED) is 0.169. The van der Waals surface area contributed by atoms with Crippen LogP contribution in [0.2, 0.25) is 5.15 Å². The number of nitrogens with one attached hydrogen (secondary N) is 4. The number of aromatic amines is 2. The van der Waals surface area contributed by atoms with Gasteiger partial charge in [0.15, 0.2) is 0 Å². The molecule has 6 aliphatic rings. The molecule has 11 rings (SSSR count). The Balaban J connectivity index is 0.000000133. The third-order valence-corrected chi connectivity index (χ3v) is 11.6. The van der Waals surface area contributed by atoms with Gasteiger partial charge in [0.2, 0.25) is 5.88 Å². The number of hydrogen-bond donors (Lipinski definition) is 4. The van der Waals surface area contributed by atoms with Crippen molar-refractivity contribution in [2.24, 2.45) is 0 Å². The molecule has 2 saturated carbocycles. The lowest BCUT2D eigenvalue weighted by molar-refractivity contribution is 0.0908. The van der Waals surface area contributed by atoms with Gasteiger partial charge in [0.05, 0.1) is 34.8 Å². The minimum absolute atomic E-state index is 0.0116. The van der Waals surface area contributed by atoms with Gasteiger partial charge < -0.3 is 25.3 Å². The van der Waals surface area contributed by atoms with Crippen molar-refractivity contribution in [2.75, 3.05) is 6.61 Å². The van der Waals surface area contributed by atoms with Gasteiger partial charge in [-0.25, -0.2) is 9.97 Å². The first-order chi connectivity index (χ1) is 24.3. The van der Waals surface area contributed by atoms with Crippen LogP contribution >= 0.6 is 11.6 Å². The van der Waals surface area contributed by atoms with Crippen LogP contribution in [-0.2, 0) is 38.5 Å². The summed E-state index contributed by atoms with van der Waals surface area (Å²) < 4.78 is 5.44. The summed E-state index contributed by atoms with van der Waals surface area (Å²) in [5, 5.41) is 6.94. The number of hydrogen-bond acceptors (Lipinski definition) is 6. The fourth-order valence-electron chi connectivity index (χ4n) is 8.49. The molecular formula is C39H36ClN7O3. The molecule has 2 spiro atoms. The van der Waals surface area contributed by atoms with E-state index in [4.69, 9.17) is 16.3 Å². The molecule has 2 aliphatic heterocycles. The van der Waals surface area contributed by atoms with E-state index in [9.17, 15) is 9.59 Å². The molecule has 5 aromatic heterocycles. The van der Waals surface area contributed by atoms with Gasteiger partial charge in [0, 0.05) is 76.7 Å². The summed E-state index contributed by atoms with van der Waals surface area (Å²) >= 11 is 6.05. The molecular weight excluding hydrogens is 650 g/mol. The fourth-order valence-corrected chi connectivity index (χ4v) is 8.65. The summed E-state index contributed by atoms with van der Waals surface area (Å²) in [6.45, 7) is 2.54. The average molecular weight is 686 g/mol. The third-order valence-electron chi connectivity index (χ3n) is 11.4. The van der Waals surface area contributed by atoms with Crippen molar-refractivity contribution in [2.45, 2.75) is 82.2 Å². The Kier molecular flexibility index (Phi) is 6.44. The largest absolute Gasteiger partial charge is 0.478 e. The lowest BCUT2D eigenvalue weighted by Crippen LogP contribution is -2.43. The van der Waals surface area contributed by atoms with E-state index in [-0.39, 0.29) is 22.9 Å². The molecule has 2 fully saturated rings. The van der Waals surface area contributed by atoms with Gasteiger partial charge in [-0.1, -0.05) is 11.6 Å². The number of H-pyrrole nitrogens is 2. The first-order valence-corrected chi connectivity index (χ1v) is 18.0. The van der Waals surface area contributed by atoms with Crippen LogP contribution in [0.25, 0.3) is 33.8 Å². The normalized spacial score (nSPS) is 19.0. The summed E-state index contributed by atoms with van der Waals surface area (Å²) in [4.78, 5) is 45.6. The zero-order valence-electron chi connectivity index (χ0n) is 27.8. The van der Waals surface area contributed by atoms with Crippen molar-refractivity contribution in [1.82, 2.24) is 35.6 Å². The summed E-state index contributed by atoms with van der Waals surface area (Å²) in [5.74, 6) is 0.804. The van der Waals surface area contributed by atoms with Crippen LogP contribution in [0.1, 0.15) is 87.0 Å². The zero-order chi connectivity index (χ0) is 33.8. The molecule has 5 aromatic rings. The molecule has 7 heterocycles. The number of nitrogens with zero attached hydrogens (tertiary/aromatic N) is 3. The van der Waals surface area contributed by atoms with Crippen LogP contribution in [0, 0.1) is 0 Å². The van der Waals surface area contributed by atoms with Gasteiger partial charge in [0.25, 0.3) is 11.8 Å². The number of pyridine rings is 3. The van der Waals surface area contributed by atoms with Crippen molar-refractivity contribution in [1.29, 1.82) is 0 Å². The summed E-state index contributed by atoms with van der Waals surface area (Å²) in [6, 6.07) is 7.89. The number of fused-ring (bicyclic) bond motifs is 10. The molecule has 11 heteroatoms. The van der Waals surface area contributed by atoms with Gasteiger partial charge in [-0.2, -0.15) is 0 Å². The highest BCUT2D eigenvalue weighted by Crippen LogP contribution is 2.47. The predicted molar refractivity (Wildman–Crippen MR) is 189 cm³/mol. The number of rotatable bonds is 3. The van der Waals surface area contributed by atoms with Crippen molar-refractivity contribution in [3.05, 3.63) is 92.8 Å². The van der Waals surface area contributed by atoms with Crippen molar-refractivity contribution < 1.29 is 14.3 Å². The third kappa shape index (κ3) is 4.79. The van der Waals surface area contributed by atoms with Crippen LogP contribution in [0.15, 0.2) is 42.9 Å². The predicted octanol–water partition coefficient (Wildman–Crippen LogP) is 6.10. The second-order valence-electron chi connectivity index (χ2n) is 14.7. The van der Waals surface area contributed by atoms with E-state index in [2.05, 4.69) is 41.6 Å². The topological polar surface area (TPSA) is 138 Å². The maximum Gasteiger partial charge on any atom is 0.253 e. The number of aryl methyl sites for hydroxylation is 2. The minimum Gasteiger partial charge on any atom is -0.478 e. The number of amides is 2. The zero-order valence-corrected chi connectivity index (χ0v) is 28.5. The van der Waals surface area contributed by atoms with E-state index < -0.39 is 0 Å². The minimum atomic E-state index is 0.0116. The fraction of sp³-hybridized carbons (Fsp3) is 0.359. The summed E-state index contributed by atoms with van der Waals surface area (Å²) in [7, 11) is 0. The molecule has 0 atom stereocenters. The molecule has 0 saturated heterocycles. The lowest BCUT2D eigenvalue weighted by Gasteiger charge is -2.24. The average Bonchev–Trinajstić information content (AvgIpc) is 3.95. The molecule has 50 heavy (non-hydrogen) atoms. The summed E-state index contributed by atoms with van der Waals surface area (Å²) in [6.07, 6.45) is 15.4. The van der Waals surface area contributed by atoms with E-state index in [1.165, 1.54) is 11.1 Å². The van der Waals surface area contributed by atoms with Gasteiger partial charge in [-0.05, 0) is 98.7 Å². The first kappa shape index (κ1) is 29.9. The number of halogens is 1. The Hall–Kier alpha value is -4.96. The smallest absolute Gasteiger partial charge is 0.253 e. The molecule has 4 N–H and O–H groups in total. The van der Waals surface area contributed by atoms with E-state index in [1.54, 1.807) is 6.20 Å². The Bertz CT molecular complexity index is 2260. The molecule has 0 bridgehead atoms. The SMILES string of the molecule is CCOc1ccc(-c2cc3c(cn2)CCc2c-3[nH]c3c2C(=O)NC2(CC2)C3)cn1.O=C1NC2(CC2)Cc2[nH]c3c(c21)CCc1cnc(Cl)cc1-3. The van der Waals surface area contributed by atoms with Crippen molar-refractivity contribution in [3.63, 3.8) is 0 Å². The monoisotopic (exact) mass is 685 g/mol. The van der Waals surface area contributed by atoms with Gasteiger partial charge in [-0.15, -0.1) is 0 Å². The highest BCUT2D eigenvalue weighted by Gasteiger charge is 2.50. The molecule has 252 valence electrons. The highest BCUT2D eigenvalue weighted by atomic mass is 35.5. The van der Waals surface area contributed by atoms with E-state index in [1.807, 2.05) is 37.5 Å². The van der Waals surface area contributed by atoms with Crippen LogP contribution in [-0.4, -0.2) is 54.4 Å². The first-order valence-electron chi connectivity index (χ1n) is 17.7. The Morgan fingerprint density at radius 1 is 0.740 bits per heavy atom. The van der Waals surface area contributed by atoms with E-state index in [0.717, 1.165) is 132 Å².